The first kappa shape index (κ1) is 12.8. The van der Waals surface area contributed by atoms with E-state index in [1.807, 2.05) is 13.8 Å². The monoisotopic (exact) mass is 225 g/mol. The minimum absolute atomic E-state index is 0.0798. The van der Waals surface area contributed by atoms with Gasteiger partial charge in [-0.15, -0.1) is 0 Å². The highest BCUT2D eigenvalue weighted by Gasteiger charge is 2.16. The number of hydrogen-bond acceptors (Lipinski definition) is 4. The summed E-state index contributed by atoms with van der Waals surface area (Å²) in [6, 6.07) is 4.65. The molecular weight excluding hydrogens is 206 g/mol. The first-order valence-corrected chi connectivity index (χ1v) is 5.44. The fourth-order valence-electron chi connectivity index (χ4n) is 1.77. The average Bonchev–Trinajstić information content (AvgIpc) is 2.17. The van der Waals surface area contributed by atoms with Gasteiger partial charge in [-0.25, -0.2) is 0 Å². The zero-order valence-electron chi connectivity index (χ0n) is 9.64. The molecule has 0 aliphatic carbocycles. The Morgan fingerprint density at radius 3 is 2.25 bits per heavy atom. The predicted molar refractivity (Wildman–Crippen MR) is 62.5 cm³/mol. The summed E-state index contributed by atoms with van der Waals surface area (Å²) in [4.78, 5) is 0. The van der Waals surface area contributed by atoms with Crippen molar-refractivity contribution in [2.75, 3.05) is 6.61 Å². The molecule has 0 aromatic heterocycles. The zero-order chi connectivity index (χ0) is 12.1. The Labute approximate surface area is 95.6 Å². The maximum atomic E-state index is 9.66. The van der Waals surface area contributed by atoms with Crippen LogP contribution in [0.25, 0.3) is 0 Å². The molecule has 4 N–H and O–H groups in total. The van der Waals surface area contributed by atoms with Gasteiger partial charge in [0.15, 0.2) is 0 Å². The second kappa shape index (κ2) is 5.72. The van der Waals surface area contributed by atoms with E-state index in [1.54, 1.807) is 18.2 Å². The van der Waals surface area contributed by atoms with Crippen LogP contribution in [0.3, 0.4) is 0 Å². The molecule has 90 valence electrons. The van der Waals surface area contributed by atoms with E-state index < -0.39 is 0 Å². The number of phenolic OH excluding ortho intramolecular Hbond substituents is 2. The second-order valence-corrected chi connectivity index (χ2v) is 4.01. The van der Waals surface area contributed by atoms with E-state index in [2.05, 4.69) is 5.32 Å². The van der Waals surface area contributed by atoms with E-state index >= 15 is 0 Å². The topological polar surface area (TPSA) is 72.7 Å². The van der Waals surface area contributed by atoms with Crippen LogP contribution in [0, 0.1) is 0 Å². The van der Waals surface area contributed by atoms with Crippen LogP contribution in [0.1, 0.15) is 31.9 Å². The number of hydrogen-bond donors (Lipinski definition) is 4. The standard InChI is InChI=1S/C12H19NO3/c1-8(6-7-14)13-9(2)12-10(15)4-3-5-11(12)16/h3-5,8-9,13-16H,6-7H2,1-2H3. The molecule has 1 aromatic rings. The van der Waals surface area contributed by atoms with Crippen LogP contribution in [-0.2, 0) is 0 Å². The van der Waals surface area contributed by atoms with Gasteiger partial charge in [0, 0.05) is 18.7 Å². The lowest BCUT2D eigenvalue weighted by Gasteiger charge is -2.21. The maximum absolute atomic E-state index is 9.66. The molecule has 2 unspecified atom stereocenters. The summed E-state index contributed by atoms with van der Waals surface area (Å²) in [5, 5.41) is 31.3. The molecule has 0 heterocycles. The minimum Gasteiger partial charge on any atom is -0.507 e. The van der Waals surface area contributed by atoms with Gasteiger partial charge in [0.2, 0.25) is 0 Å². The lowest BCUT2D eigenvalue weighted by atomic mass is 10.0. The van der Waals surface area contributed by atoms with Gasteiger partial charge in [-0.1, -0.05) is 6.07 Å². The van der Waals surface area contributed by atoms with Crippen LogP contribution in [0.15, 0.2) is 18.2 Å². The normalized spacial score (nSPS) is 14.7. The molecule has 2 atom stereocenters. The first-order valence-electron chi connectivity index (χ1n) is 5.44. The summed E-state index contributed by atoms with van der Waals surface area (Å²) in [5.74, 6) is 0.160. The van der Waals surface area contributed by atoms with Gasteiger partial charge in [-0.2, -0.15) is 0 Å². The van der Waals surface area contributed by atoms with Crippen LogP contribution in [0.4, 0.5) is 0 Å². The minimum atomic E-state index is -0.164. The molecule has 0 bridgehead atoms. The van der Waals surface area contributed by atoms with E-state index in [1.165, 1.54) is 0 Å². The molecule has 0 aliphatic rings. The van der Waals surface area contributed by atoms with Crippen LogP contribution in [-0.4, -0.2) is 28.0 Å². The fraction of sp³-hybridized carbons (Fsp3) is 0.500. The molecule has 4 nitrogen and oxygen atoms in total. The molecule has 16 heavy (non-hydrogen) atoms. The molecule has 4 heteroatoms. The number of benzene rings is 1. The Hall–Kier alpha value is -1.26. The van der Waals surface area contributed by atoms with Crippen molar-refractivity contribution in [3.63, 3.8) is 0 Å². The highest BCUT2D eigenvalue weighted by Crippen LogP contribution is 2.32. The lowest BCUT2D eigenvalue weighted by molar-refractivity contribution is 0.263. The highest BCUT2D eigenvalue weighted by atomic mass is 16.3. The van der Waals surface area contributed by atoms with E-state index in [4.69, 9.17) is 5.11 Å². The highest BCUT2D eigenvalue weighted by molar-refractivity contribution is 5.44. The molecule has 0 amide bonds. The Balaban J connectivity index is 2.76. The predicted octanol–water partition coefficient (Wildman–Crippen LogP) is 1.52. The van der Waals surface area contributed by atoms with Crippen molar-refractivity contribution in [2.45, 2.75) is 32.4 Å². The fourth-order valence-corrected chi connectivity index (χ4v) is 1.77. The number of aliphatic hydroxyl groups excluding tert-OH is 1. The van der Waals surface area contributed by atoms with Gasteiger partial charge in [-0.05, 0) is 32.4 Å². The van der Waals surface area contributed by atoms with Crippen molar-refractivity contribution in [3.8, 4) is 11.5 Å². The van der Waals surface area contributed by atoms with Crippen LogP contribution >= 0.6 is 0 Å². The Kier molecular flexibility index (Phi) is 4.58. The quantitative estimate of drug-likeness (QED) is 0.613. The molecule has 0 radical (unpaired) electrons. The van der Waals surface area contributed by atoms with Gasteiger partial charge in [0.1, 0.15) is 11.5 Å². The Bertz CT molecular complexity index is 321. The number of rotatable bonds is 5. The molecule has 0 spiro atoms. The lowest BCUT2D eigenvalue weighted by Crippen LogP contribution is -2.29. The van der Waals surface area contributed by atoms with Gasteiger partial charge in [0.05, 0.1) is 5.56 Å². The van der Waals surface area contributed by atoms with Crippen molar-refractivity contribution in [1.29, 1.82) is 0 Å². The van der Waals surface area contributed by atoms with Crippen LogP contribution < -0.4 is 5.32 Å². The summed E-state index contributed by atoms with van der Waals surface area (Å²) < 4.78 is 0. The van der Waals surface area contributed by atoms with Crippen molar-refractivity contribution in [3.05, 3.63) is 23.8 Å². The third-order valence-corrected chi connectivity index (χ3v) is 2.59. The maximum Gasteiger partial charge on any atom is 0.124 e. The summed E-state index contributed by atoms with van der Waals surface area (Å²) >= 11 is 0. The molecule has 0 saturated carbocycles. The molecular formula is C12H19NO3. The summed E-state index contributed by atoms with van der Waals surface area (Å²) in [6.45, 7) is 3.93. The molecule has 0 saturated heterocycles. The molecule has 1 rings (SSSR count). The molecule has 1 aromatic carbocycles. The van der Waals surface area contributed by atoms with Crippen LogP contribution in [0.5, 0.6) is 11.5 Å². The third kappa shape index (κ3) is 3.12. The van der Waals surface area contributed by atoms with Crippen molar-refractivity contribution in [2.24, 2.45) is 0 Å². The smallest absolute Gasteiger partial charge is 0.124 e. The van der Waals surface area contributed by atoms with Crippen molar-refractivity contribution in [1.82, 2.24) is 5.32 Å². The van der Waals surface area contributed by atoms with E-state index in [0.29, 0.717) is 12.0 Å². The molecule has 0 fully saturated rings. The van der Waals surface area contributed by atoms with Gasteiger partial charge in [0.25, 0.3) is 0 Å². The third-order valence-electron chi connectivity index (χ3n) is 2.59. The van der Waals surface area contributed by atoms with E-state index in [-0.39, 0.29) is 30.2 Å². The Morgan fingerprint density at radius 1 is 1.19 bits per heavy atom. The van der Waals surface area contributed by atoms with Gasteiger partial charge >= 0.3 is 0 Å². The summed E-state index contributed by atoms with van der Waals surface area (Å²) in [7, 11) is 0. The second-order valence-electron chi connectivity index (χ2n) is 4.01. The first-order chi connectivity index (χ1) is 7.56. The SMILES string of the molecule is CC(CCO)NC(C)c1c(O)cccc1O. The summed E-state index contributed by atoms with van der Waals surface area (Å²) in [6.07, 6.45) is 0.638. The largest absolute Gasteiger partial charge is 0.507 e. The zero-order valence-corrected chi connectivity index (χ0v) is 9.64. The van der Waals surface area contributed by atoms with Gasteiger partial charge < -0.3 is 20.6 Å². The van der Waals surface area contributed by atoms with Crippen LogP contribution in [0.2, 0.25) is 0 Å². The summed E-state index contributed by atoms with van der Waals surface area (Å²) in [5.41, 5.74) is 0.493. The van der Waals surface area contributed by atoms with Crippen molar-refractivity contribution >= 4 is 0 Å². The Morgan fingerprint density at radius 2 is 1.75 bits per heavy atom. The molecule has 0 aliphatic heterocycles. The average molecular weight is 225 g/mol. The number of phenols is 2. The number of aromatic hydroxyl groups is 2. The number of nitrogens with one attached hydrogen (secondary N) is 1. The van der Waals surface area contributed by atoms with E-state index in [9.17, 15) is 10.2 Å². The number of aliphatic hydroxyl groups is 1. The van der Waals surface area contributed by atoms with Crippen molar-refractivity contribution < 1.29 is 15.3 Å². The van der Waals surface area contributed by atoms with E-state index in [0.717, 1.165) is 0 Å². The van der Waals surface area contributed by atoms with Gasteiger partial charge in [-0.3, -0.25) is 0 Å².